The summed E-state index contributed by atoms with van der Waals surface area (Å²) >= 11 is 6.13. The van der Waals surface area contributed by atoms with Crippen molar-refractivity contribution in [3.05, 3.63) is 47.0 Å². The Kier molecular flexibility index (Phi) is 4.17. The van der Waals surface area contributed by atoms with Gasteiger partial charge in [0, 0.05) is 56.3 Å². The molecule has 0 atom stereocenters. The number of aryl methyl sites for hydroxylation is 2. The monoisotopic (exact) mass is 304 g/mol. The number of piperazine rings is 1. The summed E-state index contributed by atoms with van der Waals surface area (Å²) < 4.78 is 2.09. The van der Waals surface area contributed by atoms with E-state index in [9.17, 15) is 0 Å². The van der Waals surface area contributed by atoms with Crippen molar-refractivity contribution in [2.24, 2.45) is 7.05 Å². The molecule has 0 aliphatic carbocycles. The molecule has 3 rings (SSSR count). The highest BCUT2D eigenvalue weighted by molar-refractivity contribution is 6.30. The molecule has 0 N–H and O–H groups in total. The van der Waals surface area contributed by atoms with Crippen LogP contribution in [0.3, 0.4) is 0 Å². The Balaban J connectivity index is 1.62. The second kappa shape index (κ2) is 6.08. The minimum atomic E-state index is 0.811. The van der Waals surface area contributed by atoms with E-state index < -0.39 is 0 Å². The standard InChI is InChI=1S/C16H21ClN4/c1-13-3-4-14(17)11-15(13)21-9-7-20(8-10-21)12-16-18-5-6-19(16)2/h3-6,11H,7-10,12H2,1-2H3. The maximum Gasteiger partial charge on any atom is 0.122 e. The molecule has 5 heteroatoms. The molecule has 0 spiro atoms. The first-order valence-corrected chi connectivity index (χ1v) is 7.71. The van der Waals surface area contributed by atoms with E-state index in [-0.39, 0.29) is 0 Å². The first-order valence-electron chi connectivity index (χ1n) is 7.33. The van der Waals surface area contributed by atoms with Gasteiger partial charge in [-0.2, -0.15) is 0 Å². The van der Waals surface area contributed by atoms with Crippen LogP contribution in [0.15, 0.2) is 30.6 Å². The van der Waals surface area contributed by atoms with Crippen LogP contribution in [0.2, 0.25) is 5.02 Å². The van der Waals surface area contributed by atoms with Gasteiger partial charge in [-0.15, -0.1) is 0 Å². The van der Waals surface area contributed by atoms with Crippen LogP contribution in [0.4, 0.5) is 5.69 Å². The molecule has 21 heavy (non-hydrogen) atoms. The van der Waals surface area contributed by atoms with Gasteiger partial charge in [-0.25, -0.2) is 4.98 Å². The lowest BCUT2D eigenvalue weighted by Gasteiger charge is -2.36. The lowest BCUT2D eigenvalue weighted by molar-refractivity contribution is 0.242. The van der Waals surface area contributed by atoms with E-state index in [1.54, 1.807) is 0 Å². The van der Waals surface area contributed by atoms with Crippen molar-refractivity contribution in [2.75, 3.05) is 31.1 Å². The lowest BCUT2D eigenvalue weighted by atomic mass is 10.1. The molecule has 0 radical (unpaired) electrons. The molecule has 1 fully saturated rings. The van der Waals surface area contributed by atoms with Gasteiger partial charge in [-0.05, 0) is 24.6 Å². The van der Waals surface area contributed by atoms with Crippen molar-refractivity contribution < 1.29 is 0 Å². The number of hydrogen-bond acceptors (Lipinski definition) is 3. The number of benzene rings is 1. The smallest absolute Gasteiger partial charge is 0.122 e. The molecule has 112 valence electrons. The Labute approximate surface area is 130 Å². The van der Waals surface area contributed by atoms with Crippen molar-refractivity contribution in [3.63, 3.8) is 0 Å². The Morgan fingerprint density at radius 2 is 1.95 bits per heavy atom. The third-order valence-corrected chi connectivity index (χ3v) is 4.41. The fourth-order valence-corrected chi connectivity index (χ4v) is 2.99. The molecule has 0 unspecified atom stereocenters. The van der Waals surface area contributed by atoms with Gasteiger partial charge in [-0.1, -0.05) is 17.7 Å². The van der Waals surface area contributed by atoms with Gasteiger partial charge in [0.2, 0.25) is 0 Å². The van der Waals surface area contributed by atoms with Crippen LogP contribution in [-0.4, -0.2) is 40.6 Å². The van der Waals surface area contributed by atoms with Crippen LogP contribution in [0.25, 0.3) is 0 Å². The number of hydrogen-bond donors (Lipinski definition) is 0. The van der Waals surface area contributed by atoms with E-state index in [1.165, 1.54) is 11.3 Å². The van der Waals surface area contributed by atoms with Gasteiger partial charge in [0.25, 0.3) is 0 Å². The minimum Gasteiger partial charge on any atom is -0.369 e. The highest BCUT2D eigenvalue weighted by atomic mass is 35.5. The van der Waals surface area contributed by atoms with Crippen LogP contribution in [0, 0.1) is 6.92 Å². The zero-order valence-corrected chi connectivity index (χ0v) is 13.3. The predicted octanol–water partition coefficient (Wildman–Crippen LogP) is 2.70. The normalized spacial score (nSPS) is 16.4. The first-order chi connectivity index (χ1) is 10.1. The Morgan fingerprint density at radius 1 is 1.19 bits per heavy atom. The summed E-state index contributed by atoms with van der Waals surface area (Å²) in [5.41, 5.74) is 2.55. The number of rotatable bonds is 3. The maximum absolute atomic E-state index is 6.13. The molecule has 2 heterocycles. The summed E-state index contributed by atoms with van der Waals surface area (Å²) in [4.78, 5) is 9.29. The molecule has 1 aromatic heterocycles. The molecule has 1 aromatic carbocycles. The molecule has 1 aliphatic heterocycles. The zero-order chi connectivity index (χ0) is 14.8. The molecular weight excluding hydrogens is 284 g/mol. The number of aromatic nitrogens is 2. The van der Waals surface area contributed by atoms with Crippen LogP contribution < -0.4 is 4.90 Å². The summed E-state index contributed by atoms with van der Waals surface area (Å²) in [6.45, 7) is 7.24. The third-order valence-electron chi connectivity index (χ3n) is 4.17. The zero-order valence-electron chi connectivity index (χ0n) is 12.6. The summed E-state index contributed by atoms with van der Waals surface area (Å²) in [7, 11) is 2.05. The molecule has 4 nitrogen and oxygen atoms in total. The van der Waals surface area contributed by atoms with E-state index >= 15 is 0 Å². The Morgan fingerprint density at radius 3 is 2.62 bits per heavy atom. The Hall–Kier alpha value is -1.52. The molecular formula is C16H21ClN4. The number of anilines is 1. The lowest BCUT2D eigenvalue weighted by Crippen LogP contribution is -2.46. The van der Waals surface area contributed by atoms with Crippen molar-refractivity contribution >= 4 is 17.3 Å². The van der Waals surface area contributed by atoms with Gasteiger partial charge in [0.05, 0.1) is 6.54 Å². The van der Waals surface area contributed by atoms with Crippen molar-refractivity contribution in [2.45, 2.75) is 13.5 Å². The summed E-state index contributed by atoms with van der Waals surface area (Å²) in [5.74, 6) is 1.13. The van der Waals surface area contributed by atoms with E-state index in [0.29, 0.717) is 0 Å². The topological polar surface area (TPSA) is 24.3 Å². The van der Waals surface area contributed by atoms with E-state index in [1.807, 2.05) is 25.5 Å². The van der Waals surface area contributed by atoms with E-state index in [4.69, 9.17) is 11.6 Å². The SMILES string of the molecule is Cc1ccc(Cl)cc1N1CCN(Cc2nccn2C)CC1. The molecule has 1 aliphatic rings. The minimum absolute atomic E-state index is 0.811. The molecule has 0 bridgehead atoms. The second-order valence-corrected chi connectivity index (χ2v) is 6.08. The molecule has 0 saturated carbocycles. The summed E-state index contributed by atoms with van der Waals surface area (Å²) in [5, 5.41) is 0.811. The highest BCUT2D eigenvalue weighted by Gasteiger charge is 2.19. The average Bonchev–Trinajstić information content (AvgIpc) is 2.88. The quantitative estimate of drug-likeness (QED) is 0.871. The molecule has 2 aromatic rings. The average molecular weight is 305 g/mol. The van der Waals surface area contributed by atoms with Crippen LogP contribution in [0.1, 0.15) is 11.4 Å². The maximum atomic E-state index is 6.13. The summed E-state index contributed by atoms with van der Waals surface area (Å²) in [6.07, 6.45) is 3.86. The van der Waals surface area contributed by atoms with Gasteiger partial charge < -0.3 is 9.47 Å². The highest BCUT2D eigenvalue weighted by Crippen LogP contribution is 2.25. The van der Waals surface area contributed by atoms with Gasteiger partial charge in [0.1, 0.15) is 5.82 Å². The fraction of sp³-hybridized carbons (Fsp3) is 0.438. The number of imidazole rings is 1. The van der Waals surface area contributed by atoms with Gasteiger partial charge in [-0.3, -0.25) is 4.90 Å². The van der Waals surface area contributed by atoms with Crippen molar-refractivity contribution in [1.29, 1.82) is 0 Å². The third kappa shape index (κ3) is 3.22. The van der Waals surface area contributed by atoms with Gasteiger partial charge >= 0.3 is 0 Å². The second-order valence-electron chi connectivity index (χ2n) is 5.65. The Bertz CT molecular complexity index is 614. The van der Waals surface area contributed by atoms with Crippen LogP contribution in [0.5, 0.6) is 0 Å². The fourth-order valence-electron chi connectivity index (χ4n) is 2.82. The largest absolute Gasteiger partial charge is 0.369 e. The van der Waals surface area contributed by atoms with E-state index in [2.05, 4.69) is 38.4 Å². The number of halogens is 1. The molecule has 0 amide bonds. The van der Waals surface area contributed by atoms with Crippen molar-refractivity contribution in [1.82, 2.24) is 14.5 Å². The number of nitrogens with zero attached hydrogens (tertiary/aromatic N) is 4. The first kappa shape index (κ1) is 14.4. The van der Waals surface area contributed by atoms with Crippen LogP contribution >= 0.6 is 11.6 Å². The van der Waals surface area contributed by atoms with Crippen molar-refractivity contribution in [3.8, 4) is 0 Å². The summed E-state index contributed by atoms with van der Waals surface area (Å²) in [6, 6.07) is 6.13. The van der Waals surface area contributed by atoms with Crippen LogP contribution in [-0.2, 0) is 13.6 Å². The van der Waals surface area contributed by atoms with Gasteiger partial charge in [0.15, 0.2) is 0 Å². The predicted molar refractivity (Wildman–Crippen MR) is 86.9 cm³/mol. The molecule has 1 saturated heterocycles. The van der Waals surface area contributed by atoms with E-state index in [0.717, 1.165) is 43.6 Å².